The average Bonchev–Trinajstić information content (AvgIpc) is 3.30. The second-order valence-electron chi connectivity index (χ2n) is 8.72. The van der Waals surface area contributed by atoms with E-state index >= 15 is 0 Å². The number of carbonyl (C=O) groups is 1. The van der Waals surface area contributed by atoms with Gasteiger partial charge in [0.05, 0.1) is 30.8 Å². The van der Waals surface area contributed by atoms with Crippen LogP contribution in [-0.2, 0) is 11.8 Å². The maximum absolute atomic E-state index is 13.0. The highest BCUT2D eigenvalue weighted by atomic mass is 19.1. The zero-order valence-corrected chi connectivity index (χ0v) is 18.2. The van der Waals surface area contributed by atoms with Crippen LogP contribution >= 0.6 is 0 Å². The van der Waals surface area contributed by atoms with Crippen LogP contribution in [0.25, 0.3) is 16.8 Å². The Morgan fingerprint density at radius 3 is 2.71 bits per heavy atom. The van der Waals surface area contributed by atoms with Crippen molar-refractivity contribution in [1.29, 1.82) is 0 Å². The lowest BCUT2D eigenvalue weighted by Gasteiger charge is -2.42. The number of aryl methyl sites for hydroxylation is 1. The van der Waals surface area contributed by atoms with Crippen LogP contribution in [0, 0.1) is 0 Å². The minimum atomic E-state index is -0.629. The van der Waals surface area contributed by atoms with E-state index in [0.717, 1.165) is 11.1 Å². The molecule has 0 aliphatic heterocycles. The molecule has 0 radical (unpaired) electrons. The number of amides is 1. The molecule has 0 spiro atoms. The first-order valence-corrected chi connectivity index (χ1v) is 10.3. The smallest absolute Gasteiger partial charge is 0.410 e. The lowest BCUT2D eigenvalue weighted by Crippen LogP contribution is -2.53. The van der Waals surface area contributed by atoms with Crippen molar-refractivity contribution < 1.29 is 18.7 Å². The van der Waals surface area contributed by atoms with Gasteiger partial charge in [-0.2, -0.15) is 10.2 Å². The first-order chi connectivity index (χ1) is 14.7. The maximum Gasteiger partial charge on any atom is 0.410 e. The van der Waals surface area contributed by atoms with Gasteiger partial charge in [0.15, 0.2) is 0 Å². The molecule has 3 aromatic rings. The molecule has 3 aromatic heterocycles. The van der Waals surface area contributed by atoms with Gasteiger partial charge in [-0.15, -0.1) is 0 Å². The minimum absolute atomic E-state index is 0.00785. The topological polar surface area (TPSA) is 86.8 Å². The summed E-state index contributed by atoms with van der Waals surface area (Å²) in [6, 6.07) is 1.71. The van der Waals surface area contributed by atoms with Crippen LogP contribution in [0.1, 0.15) is 33.6 Å². The highest BCUT2D eigenvalue weighted by Crippen LogP contribution is 2.32. The predicted octanol–water partition coefficient (Wildman–Crippen LogP) is 3.25. The lowest BCUT2D eigenvalue weighted by molar-refractivity contribution is -0.0193. The van der Waals surface area contributed by atoms with E-state index in [1.54, 1.807) is 42.4 Å². The largest absolute Gasteiger partial charge is 0.473 e. The SMILES string of the molecule is Cn1cc(-c2cn3nccc3c(OC3CC(N(CCF)C(=O)OC(C)(C)C)C3)n2)cn1. The molecule has 3 heterocycles. The van der Waals surface area contributed by atoms with Gasteiger partial charge in [0, 0.05) is 37.7 Å². The third-order valence-electron chi connectivity index (χ3n) is 5.10. The second kappa shape index (κ2) is 8.16. The molecule has 1 aliphatic rings. The van der Waals surface area contributed by atoms with Crippen molar-refractivity contribution in [3.8, 4) is 17.1 Å². The Hall–Kier alpha value is -3.17. The Bertz CT molecular complexity index is 1070. The third-order valence-corrected chi connectivity index (χ3v) is 5.10. The fourth-order valence-electron chi connectivity index (χ4n) is 3.56. The first-order valence-electron chi connectivity index (χ1n) is 10.3. The molecule has 0 N–H and O–H groups in total. The summed E-state index contributed by atoms with van der Waals surface area (Å²) in [5.41, 5.74) is 1.68. The number of aromatic nitrogens is 5. The Labute approximate surface area is 179 Å². The summed E-state index contributed by atoms with van der Waals surface area (Å²) in [7, 11) is 1.84. The molecule has 0 atom stereocenters. The molecule has 9 nitrogen and oxygen atoms in total. The van der Waals surface area contributed by atoms with Gasteiger partial charge in [-0.05, 0) is 26.8 Å². The maximum atomic E-state index is 13.0. The van der Waals surface area contributed by atoms with Crippen LogP contribution in [0.4, 0.5) is 9.18 Å². The van der Waals surface area contributed by atoms with Crippen molar-refractivity contribution in [2.75, 3.05) is 13.2 Å². The molecule has 0 saturated heterocycles. The van der Waals surface area contributed by atoms with Crippen molar-refractivity contribution in [2.45, 2.75) is 51.4 Å². The standard InChI is InChI=1S/C21H27FN6O3/c1-21(2,3)31-20(29)27(8-6-22)15-9-16(10-15)30-19-18-5-7-23-28(18)13-17(25-19)14-11-24-26(4)12-14/h5,7,11-13,15-16H,6,8-10H2,1-4H3. The van der Waals surface area contributed by atoms with E-state index in [4.69, 9.17) is 9.47 Å². The van der Waals surface area contributed by atoms with Gasteiger partial charge < -0.3 is 14.4 Å². The fourth-order valence-corrected chi connectivity index (χ4v) is 3.56. The van der Waals surface area contributed by atoms with Gasteiger partial charge in [0.1, 0.15) is 23.9 Å². The Morgan fingerprint density at radius 2 is 2.06 bits per heavy atom. The number of halogens is 1. The van der Waals surface area contributed by atoms with Crippen LogP contribution in [0.5, 0.6) is 5.88 Å². The van der Waals surface area contributed by atoms with Crippen LogP contribution in [0.3, 0.4) is 0 Å². The Balaban J connectivity index is 1.47. The number of nitrogens with zero attached hydrogens (tertiary/aromatic N) is 6. The van der Waals surface area contributed by atoms with Gasteiger partial charge >= 0.3 is 6.09 Å². The van der Waals surface area contributed by atoms with Crippen molar-refractivity contribution in [1.82, 2.24) is 29.3 Å². The van der Waals surface area contributed by atoms with Gasteiger partial charge in [-0.25, -0.2) is 18.7 Å². The van der Waals surface area contributed by atoms with E-state index in [-0.39, 0.29) is 18.7 Å². The number of carbonyl (C=O) groups excluding carboxylic acids is 1. The summed E-state index contributed by atoms with van der Waals surface area (Å²) in [6.07, 6.45) is 7.65. The van der Waals surface area contributed by atoms with Gasteiger partial charge in [0.25, 0.3) is 0 Å². The average molecular weight is 430 g/mol. The van der Waals surface area contributed by atoms with Crippen molar-refractivity contribution in [2.24, 2.45) is 7.05 Å². The van der Waals surface area contributed by atoms with E-state index in [9.17, 15) is 9.18 Å². The molecule has 4 rings (SSSR count). The fraction of sp³-hybridized carbons (Fsp3) is 0.524. The van der Waals surface area contributed by atoms with Crippen molar-refractivity contribution in [3.63, 3.8) is 0 Å². The lowest BCUT2D eigenvalue weighted by atomic mass is 9.88. The van der Waals surface area contributed by atoms with Gasteiger partial charge in [0.2, 0.25) is 5.88 Å². The van der Waals surface area contributed by atoms with Gasteiger partial charge in [-0.1, -0.05) is 0 Å². The third kappa shape index (κ3) is 4.62. The number of alkyl halides is 1. The zero-order valence-electron chi connectivity index (χ0n) is 18.2. The molecule has 0 aromatic carbocycles. The zero-order chi connectivity index (χ0) is 22.2. The van der Waals surface area contributed by atoms with Crippen molar-refractivity contribution >= 4 is 11.6 Å². The first kappa shape index (κ1) is 21.1. The summed E-state index contributed by atoms with van der Waals surface area (Å²) < 4.78 is 28.0. The minimum Gasteiger partial charge on any atom is -0.473 e. The summed E-state index contributed by atoms with van der Waals surface area (Å²) in [6.45, 7) is 4.77. The molecular formula is C21H27FN6O3. The van der Waals surface area contributed by atoms with E-state index < -0.39 is 18.4 Å². The molecular weight excluding hydrogens is 403 g/mol. The molecule has 1 amide bonds. The van der Waals surface area contributed by atoms with Crippen LogP contribution < -0.4 is 4.74 Å². The summed E-state index contributed by atoms with van der Waals surface area (Å²) in [4.78, 5) is 18.6. The predicted molar refractivity (Wildman–Crippen MR) is 112 cm³/mol. The number of fused-ring (bicyclic) bond motifs is 1. The Morgan fingerprint density at radius 1 is 1.29 bits per heavy atom. The normalized spacial score (nSPS) is 18.6. The molecule has 10 heteroatoms. The molecule has 1 saturated carbocycles. The highest BCUT2D eigenvalue weighted by molar-refractivity contribution is 5.69. The molecule has 166 valence electrons. The number of ether oxygens (including phenoxy) is 2. The molecule has 0 unspecified atom stereocenters. The second-order valence-corrected chi connectivity index (χ2v) is 8.72. The highest BCUT2D eigenvalue weighted by Gasteiger charge is 2.39. The monoisotopic (exact) mass is 430 g/mol. The van der Waals surface area contributed by atoms with E-state index in [1.807, 2.05) is 25.5 Å². The number of rotatable bonds is 6. The summed E-state index contributed by atoms with van der Waals surface area (Å²) in [5.74, 6) is 0.469. The quantitative estimate of drug-likeness (QED) is 0.597. The van der Waals surface area contributed by atoms with Crippen LogP contribution in [0.2, 0.25) is 0 Å². The van der Waals surface area contributed by atoms with E-state index in [1.165, 1.54) is 4.90 Å². The van der Waals surface area contributed by atoms with E-state index in [0.29, 0.717) is 24.4 Å². The summed E-state index contributed by atoms with van der Waals surface area (Å²) in [5, 5.41) is 8.50. The molecule has 1 fully saturated rings. The van der Waals surface area contributed by atoms with E-state index in [2.05, 4.69) is 15.2 Å². The van der Waals surface area contributed by atoms with Crippen LogP contribution in [0.15, 0.2) is 30.9 Å². The van der Waals surface area contributed by atoms with Crippen LogP contribution in [-0.4, -0.2) is 66.3 Å². The molecule has 0 bridgehead atoms. The molecule has 31 heavy (non-hydrogen) atoms. The molecule has 1 aliphatic carbocycles. The number of hydrogen-bond donors (Lipinski definition) is 0. The number of hydrogen-bond acceptors (Lipinski definition) is 6. The van der Waals surface area contributed by atoms with Gasteiger partial charge in [-0.3, -0.25) is 4.68 Å². The van der Waals surface area contributed by atoms with Crippen molar-refractivity contribution in [3.05, 3.63) is 30.9 Å². The Kier molecular flexibility index (Phi) is 5.55. The summed E-state index contributed by atoms with van der Waals surface area (Å²) >= 11 is 0.